The van der Waals surface area contributed by atoms with Crippen LogP contribution in [0.5, 0.6) is 0 Å². The molecule has 0 saturated carbocycles. The van der Waals surface area contributed by atoms with E-state index in [0.29, 0.717) is 18.8 Å². The van der Waals surface area contributed by atoms with Gasteiger partial charge in [0.25, 0.3) is 0 Å². The Bertz CT molecular complexity index is 613. The van der Waals surface area contributed by atoms with E-state index in [0.717, 1.165) is 6.07 Å². The molecule has 1 heterocycles. The van der Waals surface area contributed by atoms with Crippen LogP contribution in [0.25, 0.3) is 0 Å². The van der Waals surface area contributed by atoms with Crippen molar-refractivity contribution in [2.45, 2.75) is 12.7 Å². The molecule has 0 unspecified atom stereocenters. The second-order valence-corrected chi connectivity index (χ2v) is 3.96. The van der Waals surface area contributed by atoms with Crippen LogP contribution in [0.4, 0.5) is 18.9 Å². The molecule has 2 rings (SSSR count). The fraction of sp³-hybridized carbons (Fsp3) is 0.250. The topological polar surface area (TPSA) is 66.5 Å². The lowest BCUT2D eigenvalue weighted by atomic mass is 10.1. The Morgan fingerprint density at radius 2 is 2.15 bits per heavy atom. The molecule has 0 aliphatic rings. The predicted molar refractivity (Wildman–Crippen MR) is 64.7 cm³/mol. The molecule has 5 nitrogen and oxygen atoms in total. The number of aromatic nitrogens is 3. The van der Waals surface area contributed by atoms with Crippen molar-refractivity contribution >= 4 is 5.69 Å². The van der Waals surface area contributed by atoms with E-state index in [-0.39, 0.29) is 0 Å². The highest BCUT2D eigenvalue weighted by atomic mass is 19.4. The van der Waals surface area contributed by atoms with Crippen LogP contribution < -0.4 is 5.32 Å². The number of anilines is 1. The van der Waals surface area contributed by atoms with E-state index in [2.05, 4.69) is 15.6 Å². The van der Waals surface area contributed by atoms with Gasteiger partial charge in [-0.2, -0.15) is 18.4 Å². The number of alkyl halides is 3. The third kappa shape index (κ3) is 3.26. The Hall–Kier alpha value is -2.56. The summed E-state index contributed by atoms with van der Waals surface area (Å²) in [6.07, 6.45) is -1.31. The number of nitrogens with one attached hydrogen (secondary N) is 1. The van der Waals surface area contributed by atoms with Crippen LogP contribution in [0.1, 0.15) is 11.1 Å². The van der Waals surface area contributed by atoms with Gasteiger partial charge in [0.2, 0.25) is 0 Å². The lowest BCUT2D eigenvalue weighted by molar-refractivity contribution is -0.137. The van der Waals surface area contributed by atoms with E-state index in [1.807, 2.05) is 0 Å². The molecule has 0 bridgehead atoms. The summed E-state index contributed by atoms with van der Waals surface area (Å²) in [5.41, 5.74) is -0.875. The Balaban J connectivity index is 2.05. The van der Waals surface area contributed by atoms with Crippen molar-refractivity contribution in [1.82, 2.24) is 15.0 Å². The molecule has 0 aliphatic heterocycles. The zero-order valence-corrected chi connectivity index (χ0v) is 10.2. The van der Waals surface area contributed by atoms with Crippen molar-refractivity contribution in [2.24, 2.45) is 0 Å². The molecular formula is C12H10F3N5. The van der Waals surface area contributed by atoms with E-state index in [1.54, 1.807) is 16.9 Å². The molecule has 0 aliphatic carbocycles. The van der Waals surface area contributed by atoms with Crippen molar-refractivity contribution in [3.05, 3.63) is 41.7 Å². The summed E-state index contributed by atoms with van der Waals surface area (Å²) in [5.74, 6) is 0. The Morgan fingerprint density at radius 1 is 1.35 bits per heavy atom. The van der Waals surface area contributed by atoms with Gasteiger partial charge in [-0.3, -0.25) is 4.68 Å². The molecule has 1 N–H and O–H groups in total. The first-order valence-corrected chi connectivity index (χ1v) is 5.70. The van der Waals surface area contributed by atoms with Gasteiger partial charge < -0.3 is 5.32 Å². The molecule has 0 amide bonds. The van der Waals surface area contributed by atoms with E-state index < -0.39 is 17.3 Å². The highest BCUT2D eigenvalue weighted by molar-refractivity contribution is 5.53. The monoisotopic (exact) mass is 281 g/mol. The van der Waals surface area contributed by atoms with Crippen LogP contribution in [0.3, 0.4) is 0 Å². The van der Waals surface area contributed by atoms with Gasteiger partial charge in [0.15, 0.2) is 0 Å². The molecule has 104 valence electrons. The maximum Gasteiger partial charge on any atom is 0.417 e. The Kier molecular flexibility index (Phi) is 3.89. The number of rotatable bonds is 4. The second-order valence-electron chi connectivity index (χ2n) is 3.96. The summed E-state index contributed by atoms with van der Waals surface area (Å²) in [4.78, 5) is 0. The minimum absolute atomic E-state index is 0.400. The largest absolute Gasteiger partial charge is 0.417 e. The van der Waals surface area contributed by atoms with Crippen LogP contribution in [0, 0.1) is 11.3 Å². The normalized spacial score (nSPS) is 11.1. The number of nitriles is 1. The van der Waals surface area contributed by atoms with Crippen molar-refractivity contribution < 1.29 is 13.2 Å². The fourth-order valence-corrected chi connectivity index (χ4v) is 1.66. The van der Waals surface area contributed by atoms with Gasteiger partial charge in [-0.25, -0.2) is 0 Å². The van der Waals surface area contributed by atoms with Gasteiger partial charge in [-0.15, -0.1) is 5.10 Å². The summed E-state index contributed by atoms with van der Waals surface area (Å²) >= 11 is 0. The summed E-state index contributed by atoms with van der Waals surface area (Å²) in [6, 6.07) is 4.94. The SMILES string of the molecule is N#Cc1cc(NCCn2ccnn2)ccc1C(F)(F)F. The zero-order chi connectivity index (χ0) is 14.6. The highest BCUT2D eigenvalue weighted by Gasteiger charge is 2.33. The van der Waals surface area contributed by atoms with Crippen LogP contribution in [-0.4, -0.2) is 21.5 Å². The zero-order valence-electron chi connectivity index (χ0n) is 10.2. The summed E-state index contributed by atoms with van der Waals surface area (Å²) in [5, 5.41) is 19.1. The molecule has 8 heteroatoms. The van der Waals surface area contributed by atoms with Gasteiger partial charge >= 0.3 is 6.18 Å². The first-order chi connectivity index (χ1) is 9.50. The van der Waals surface area contributed by atoms with Crippen LogP contribution in [0.2, 0.25) is 0 Å². The number of benzene rings is 1. The maximum atomic E-state index is 12.6. The quantitative estimate of drug-likeness (QED) is 0.933. The Morgan fingerprint density at radius 3 is 2.75 bits per heavy atom. The summed E-state index contributed by atoms with van der Waals surface area (Å²) < 4.78 is 39.4. The molecule has 20 heavy (non-hydrogen) atoms. The smallest absolute Gasteiger partial charge is 0.383 e. The minimum atomic E-state index is -4.52. The van der Waals surface area contributed by atoms with Gasteiger partial charge in [-0.05, 0) is 18.2 Å². The number of hydrogen-bond donors (Lipinski definition) is 1. The molecule has 0 fully saturated rings. The van der Waals surface area contributed by atoms with Gasteiger partial charge in [0.05, 0.1) is 29.9 Å². The Labute approximate surface area is 112 Å². The lowest BCUT2D eigenvalue weighted by Gasteiger charge is -2.11. The highest BCUT2D eigenvalue weighted by Crippen LogP contribution is 2.32. The number of halogens is 3. The van der Waals surface area contributed by atoms with E-state index in [4.69, 9.17) is 5.26 Å². The number of nitrogens with zero attached hydrogens (tertiary/aromatic N) is 4. The summed E-state index contributed by atoms with van der Waals surface area (Å²) in [7, 11) is 0. The molecule has 0 radical (unpaired) electrons. The molecule has 1 aromatic heterocycles. The van der Waals surface area contributed by atoms with E-state index in [9.17, 15) is 13.2 Å². The van der Waals surface area contributed by atoms with Crippen LogP contribution in [0.15, 0.2) is 30.6 Å². The average Bonchev–Trinajstić information content (AvgIpc) is 2.90. The first-order valence-electron chi connectivity index (χ1n) is 5.70. The average molecular weight is 281 g/mol. The molecule has 2 aromatic rings. The summed E-state index contributed by atoms with van der Waals surface area (Å²) in [6.45, 7) is 0.975. The van der Waals surface area contributed by atoms with Gasteiger partial charge in [0.1, 0.15) is 0 Å². The van der Waals surface area contributed by atoms with E-state index >= 15 is 0 Å². The standard InChI is InChI=1S/C12H10F3N5/c13-12(14,15)11-2-1-10(7-9(11)8-16)17-3-5-20-6-4-18-19-20/h1-2,4,6-7,17H,3,5H2. The van der Waals surface area contributed by atoms with Crippen molar-refractivity contribution in [3.63, 3.8) is 0 Å². The predicted octanol–water partition coefficient (Wildman–Crippen LogP) is 2.28. The third-order valence-electron chi connectivity index (χ3n) is 2.59. The molecule has 0 saturated heterocycles. The molecule has 0 spiro atoms. The van der Waals surface area contributed by atoms with Crippen molar-refractivity contribution in [1.29, 1.82) is 5.26 Å². The maximum absolute atomic E-state index is 12.6. The fourth-order valence-electron chi connectivity index (χ4n) is 1.66. The van der Waals surface area contributed by atoms with Crippen LogP contribution in [-0.2, 0) is 12.7 Å². The van der Waals surface area contributed by atoms with Gasteiger partial charge in [-0.1, -0.05) is 5.21 Å². The first kappa shape index (κ1) is 13.9. The molecular weight excluding hydrogens is 271 g/mol. The second kappa shape index (κ2) is 5.61. The lowest BCUT2D eigenvalue weighted by Crippen LogP contribution is -2.12. The van der Waals surface area contributed by atoms with E-state index in [1.165, 1.54) is 18.3 Å². The molecule has 0 atom stereocenters. The van der Waals surface area contributed by atoms with Crippen molar-refractivity contribution in [3.8, 4) is 6.07 Å². The molecule has 1 aromatic carbocycles. The van der Waals surface area contributed by atoms with Crippen molar-refractivity contribution in [2.75, 3.05) is 11.9 Å². The number of hydrogen-bond acceptors (Lipinski definition) is 4. The minimum Gasteiger partial charge on any atom is -0.383 e. The third-order valence-corrected chi connectivity index (χ3v) is 2.59. The van der Waals surface area contributed by atoms with Gasteiger partial charge in [0, 0.05) is 18.4 Å². The van der Waals surface area contributed by atoms with Crippen LogP contribution >= 0.6 is 0 Å².